The number of hydrogen-bond donors (Lipinski definition) is 2. The summed E-state index contributed by atoms with van der Waals surface area (Å²) in [5.74, 6) is 2.61. The topological polar surface area (TPSA) is 64.1 Å². The highest BCUT2D eigenvalue weighted by Crippen LogP contribution is 2.21. The summed E-state index contributed by atoms with van der Waals surface area (Å²) in [5, 5.41) is 7.21. The molecule has 3 N–H and O–H groups in total. The van der Waals surface area contributed by atoms with E-state index in [1.807, 2.05) is 11.8 Å². The van der Waals surface area contributed by atoms with Crippen LogP contribution in [0.25, 0.3) is 0 Å². The Kier molecular flexibility index (Phi) is 2.23. The molecule has 0 radical (unpaired) electrons. The lowest BCUT2D eigenvalue weighted by atomic mass is 10.2. The van der Waals surface area contributed by atoms with Crippen LogP contribution in [0, 0.1) is 0 Å². The number of anilines is 1. The van der Waals surface area contributed by atoms with Crippen LogP contribution < -0.4 is 11.1 Å². The molecule has 5 heteroatoms. The molecule has 1 aliphatic heterocycles. The van der Waals surface area contributed by atoms with Gasteiger partial charge < -0.3 is 15.6 Å². The van der Waals surface area contributed by atoms with Gasteiger partial charge in [0.2, 0.25) is 5.88 Å². The number of thioether (sulfide) groups is 1. The van der Waals surface area contributed by atoms with Crippen LogP contribution in [0.5, 0.6) is 0 Å². The van der Waals surface area contributed by atoms with Gasteiger partial charge in [-0.25, -0.2) is 0 Å². The summed E-state index contributed by atoms with van der Waals surface area (Å²) in [4.78, 5) is 0. The fraction of sp³-hybridized carbons (Fsp3) is 0.571. The average molecular weight is 185 g/mol. The standard InChI is InChI=1S/C7H11N3OS/c8-7-3-5(10-11-7)6-4-12-2-1-9-6/h3,6,9H,1-2,4,8H2. The molecule has 2 heterocycles. The highest BCUT2D eigenvalue weighted by atomic mass is 32.2. The first kappa shape index (κ1) is 7.94. The summed E-state index contributed by atoms with van der Waals surface area (Å²) in [5.41, 5.74) is 6.34. The summed E-state index contributed by atoms with van der Waals surface area (Å²) in [6, 6.07) is 2.09. The minimum Gasteiger partial charge on any atom is -0.368 e. The van der Waals surface area contributed by atoms with Crippen LogP contribution in [0.1, 0.15) is 11.7 Å². The van der Waals surface area contributed by atoms with Crippen LogP contribution in [0.15, 0.2) is 10.6 Å². The molecule has 1 aromatic heterocycles. The number of nitrogens with zero attached hydrogens (tertiary/aromatic N) is 1. The van der Waals surface area contributed by atoms with E-state index in [1.54, 1.807) is 6.07 Å². The van der Waals surface area contributed by atoms with Crippen LogP contribution in [-0.4, -0.2) is 23.2 Å². The maximum Gasteiger partial charge on any atom is 0.222 e. The molecule has 0 aliphatic carbocycles. The van der Waals surface area contributed by atoms with E-state index < -0.39 is 0 Å². The van der Waals surface area contributed by atoms with Crippen LogP contribution in [0.3, 0.4) is 0 Å². The van der Waals surface area contributed by atoms with Gasteiger partial charge in [0.1, 0.15) is 5.69 Å². The van der Waals surface area contributed by atoms with E-state index in [2.05, 4.69) is 10.5 Å². The molecular weight excluding hydrogens is 174 g/mol. The molecule has 0 spiro atoms. The summed E-state index contributed by atoms with van der Waals surface area (Å²) < 4.78 is 4.80. The molecule has 66 valence electrons. The van der Waals surface area contributed by atoms with Crippen molar-refractivity contribution in [3.05, 3.63) is 11.8 Å². The number of aromatic nitrogens is 1. The molecule has 1 aromatic rings. The van der Waals surface area contributed by atoms with E-state index in [1.165, 1.54) is 5.75 Å². The van der Waals surface area contributed by atoms with Gasteiger partial charge in [-0.1, -0.05) is 5.16 Å². The molecule has 4 nitrogen and oxygen atoms in total. The van der Waals surface area contributed by atoms with Gasteiger partial charge in [-0.15, -0.1) is 0 Å². The smallest absolute Gasteiger partial charge is 0.222 e. The molecule has 12 heavy (non-hydrogen) atoms. The monoisotopic (exact) mass is 185 g/mol. The van der Waals surface area contributed by atoms with Gasteiger partial charge in [0.25, 0.3) is 0 Å². The van der Waals surface area contributed by atoms with Crippen molar-refractivity contribution in [3.63, 3.8) is 0 Å². The predicted octanol–water partition coefficient (Wildman–Crippen LogP) is 0.634. The van der Waals surface area contributed by atoms with Crippen molar-refractivity contribution in [1.82, 2.24) is 10.5 Å². The van der Waals surface area contributed by atoms with Crippen molar-refractivity contribution in [2.45, 2.75) is 6.04 Å². The quantitative estimate of drug-likeness (QED) is 0.672. The van der Waals surface area contributed by atoms with E-state index in [-0.39, 0.29) is 0 Å². The minimum atomic E-state index is 0.310. The molecule has 2 rings (SSSR count). The molecular formula is C7H11N3OS. The van der Waals surface area contributed by atoms with Gasteiger partial charge in [0, 0.05) is 24.1 Å². The van der Waals surface area contributed by atoms with Crippen molar-refractivity contribution in [2.24, 2.45) is 0 Å². The molecule has 0 amide bonds. The molecule has 1 atom stereocenters. The first-order valence-electron chi connectivity index (χ1n) is 3.89. The third-order valence-corrected chi connectivity index (χ3v) is 2.89. The second kappa shape index (κ2) is 3.37. The zero-order chi connectivity index (χ0) is 8.39. The number of nitrogens with two attached hydrogens (primary N) is 1. The van der Waals surface area contributed by atoms with E-state index in [9.17, 15) is 0 Å². The average Bonchev–Trinajstić information content (AvgIpc) is 2.54. The van der Waals surface area contributed by atoms with Crippen molar-refractivity contribution in [3.8, 4) is 0 Å². The number of rotatable bonds is 1. The normalized spacial score (nSPS) is 24.2. The van der Waals surface area contributed by atoms with E-state index in [0.29, 0.717) is 11.9 Å². The molecule has 1 unspecified atom stereocenters. The Bertz CT molecular complexity index is 257. The van der Waals surface area contributed by atoms with Crippen molar-refractivity contribution >= 4 is 17.6 Å². The Morgan fingerprint density at radius 2 is 2.67 bits per heavy atom. The van der Waals surface area contributed by atoms with Gasteiger partial charge in [0.05, 0.1) is 6.04 Å². The Morgan fingerprint density at radius 1 is 1.75 bits per heavy atom. The Hall–Kier alpha value is -0.680. The lowest BCUT2D eigenvalue weighted by Gasteiger charge is -2.20. The van der Waals surface area contributed by atoms with Gasteiger partial charge in [-0.05, 0) is 0 Å². The Morgan fingerprint density at radius 3 is 3.25 bits per heavy atom. The second-order valence-electron chi connectivity index (χ2n) is 2.74. The van der Waals surface area contributed by atoms with Gasteiger partial charge in [-0.2, -0.15) is 11.8 Å². The van der Waals surface area contributed by atoms with Crippen LogP contribution >= 0.6 is 11.8 Å². The number of hydrogen-bond acceptors (Lipinski definition) is 5. The van der Waals surface area contributed by atoms with Crippen LogP contribution in [-0.2, 0) is 0 Å². The third kappa shape index (κ3) is 1.56. The summed E-state index contributed by atoms with van der Waals surface area (Å²) in [7, 11) is 0. The molecule has 0 aromatic carbocycles. The summed E-state index contributed by atoms with van der Waals surface area (Å²) in [6.45, 7) is 1.03. The molecule has 0 bridgehead atoms. The highest BCUT2D eigenvalue weighted by Gasteiger charge is 2.18. The van der Waals surface area contributed by atoms with Gasteiger partial charge in [-0.3, -0.25) is 0 Å². The second-order valence-corrected chi connectivity index (χ2v) is 3.89. The molecule has 1 aliphatic rings. The Labute approximate surface area is 74.9 Å². The third-order valence-electron chi connectivity index (χ3n) is 1.83. The van der Waals surface area contributed by atoms with E-state index in [0.717, 1.165) is 18.0 Å². The fourth-order valence-electron chi connectivity index (χ4n) is 1.22. The van der Waals surface area contributed by atoms with Crippen LogP contribution in [0.4, 0.5) is 5.88 Å². The van der Waals surface area contributed by atoms with Crippen molar-refractivity contribution < 1.29 is 4.52 Å². The molecule has 1 saturated heterocycles. The van der Waals surface area contributed by atoms with Crippen LogP contribution in [0.2, 0.25) is 0 Å². The Balaban J connectivity index is 2.08. The predicted molar refractivity (Wildman–Crippen MR) is 49.0 cm³/mol. The minimum absolute atomic E-state index is 0.310. The molecule has 0 saturated carbocycles. The zero-order valence-electron chi connectivity index (χ0n) is 6.62. The van der Waals surface area contributed by atoms with Gasteiger partial charge in [0.15, 0.2) is 0 Å². The first-order valence-corrected chi connectivity index (χ1v) is 5.05. The number of nitrogen functional groups attached to an aromatic ring is 1. The van der Waals surface area contributed by atoms with E-state index in [4.69, 9.17) is 10.3 Å². The van der Waals surface area contributed by atoms with E-state index >= 15 is 0 Å². The van der Waals surface area contributed by atoms with Gasteiger partial charge >= 0.3 is 0 Å². The SMILES string of the molecule is Nc1cc(C2CSCCN2)no1. The van der Waals surface area contributed by atoms with Crippen molar-refractivity contribution in [1.29, 1.82) is 0 Å². The highest BCUT2D eigenvalue weighted by molar-refractivity contribution is 7.99. The maximum atomic E-state index is 5.42. The fourth-order valence-corrected chi connectivity index (χ4v) is 2.18. The first-order chi connectivity index (χ1) is 5.86. The number of nitrogens with one attached hydrogen (secondary N) is 1. The summed E-state index contributed by atoms with van der Waals surface area (Å²) in [6.07, 6.45) is 0. The lowest BCUT2D eigenvalue weighted by Crippen LogP contribution is -2.30. The maximum absolute atomic E-state index is 5.42. The lowest BCUT2D eigenvalue weighted by molar-refractivity contribution is 0.414. The molecule has 1 fully saturated rings. The largest absolute Gasteiger partial charge is 0.368 e. The summed E-state index contributed by atoms with van der Waals surface area (Å²) >= 11 is 1.92. The zero-order valence-corrected chi connectivity index (χ0v) is 7.43. The van der Waals surface area contributed by atoms with Crippen molar-refractivity contribution in [2.75, 3.05) is 23.8 Å².